The average molecular weight is 209 g/mol. The van der Waals surface area contributed by atoms with E-state index in [1.807, 2.05) is 6.07 Å². The molecule has 1 N–H and O–H groups in total. The normalized spacial score (nSPS) is 8.45. The van der Waals surface area contributed by atoms with Gasteiger partial charge >= 0.3 is 25.8 Å². The molecule has 3 heteroatoms. The quantitative estimate of drug-likeness (QED) is 0.684. The van der Waals surface area contributed by atoms with E-state index in [0.717, 1.165) is 5.56 Å². The summed E-state index contributed by atoms with van der Waals surface area (Å²) in [7, 11) is 0. The van der Waals surface area contributed by atoms with Crippen molar-refractivity contribution in [3.05, 3.63) is 35.4 Å². The van der Waals surface area contributed by atoms with Crippen molar-refractivity contribution in [2.24, 2.45) is 0 Å². The van der Waals surface area contributed by atoms with Crippen LogP contribution in [-0.2, 0) is 0 Å². The first kappa shape index (κ1) is 10.3. The van der Waals surface area contributed by atoms with Gasteiger partial charge in [0.2, 0.25) is 0 Å². The summed E-state index contributed by atoms with van der Waals surface area (Å²) in [6, 6.07) is 6.92. The fraction of sp³-hybridized carbons (Fsp3) is 0.125. The van der Waals surface area contributed by atoms with Crippen LogP contribution in [0.1, 0.15) is 15.9 Å². The number of carbonyl (C=O) groups is 1. The van der Waals surface area contributed by atoms with Crippen molar-refractivity contribution >= 4 is 25.8 Å². The van der Waals surface area contributed by atoms with Crippen molar-refractivity contribution in [3.63, 3.8) is 0 Å². The van der Waals surface area contributed by atoms with Gasteiger partial charge in [-0.3, -0.25) is 0 Å². The van der Waals surface area contributed by atoms with Gasteiger partial charge in [-0.2, -0.15) is 0 Å². The zero-order valence-corrected chi connectivity index (χ0v) is 5.66. The van der Waals surface area contributed by atoms with Crippen molar-refractivity contribution in [1.82, 2.24) is 0 Å². The Labute approximate surface area is 78.3 Å². The predicted molar refractivity (Wildman–Crippen MR) is 48.1 cm³/mol. The molecule has 0 heterocycles. The molecule has 0 aliphatic rings. The van der Waals surface area contributed by atoms with Gasteiger partial charge in [0.25, 0.3) is 0 Å². The third-order valence-corrected chi connectivity index (χ3v) is 1.38. The van der Waals surface area contributed by atoms with Crippen LogP contribution < -0.4 is 0 Å². The van der Waals surface area contributed by atoms with Crippen LogP contribution >= 0.6 is 0 Å². The number of carboxylic acid groups (broad SMARTS) is 1. The van der Waals surface area contributed by atoms with E-state index in [2.05, 4.69) is 0 Å². The summed E-state index contributed by atoms with van der Waals surface area (Å²) in [5.74, 6) is -0.863. The van der Waals surface area contributed by atoms with E-state index in [9.17, 15) is 4.79 Å². The standard InChI is InChI=1S/C8H8O2.Ga.3H/c1-6-4-2-3-5-7(6)8(9)10;;;;/h2-5H,1H3,(H,9,10);;;;. The zero-order valence-electron chi connectivity index (χ0n) is 5.66. The molecule has 0 saturated heterocycles. The van der Waals surface area contributed by atoms with E-state index < -0.39 is 5.97 Å². The van der Waals surface area contributed by atoms with Crippen LogP contribution in [0.25, 0.3) is 0 Å². The summed E-state index contributed by atoms with van der Waals surface area (Å²) < 4.78 is 0. The van der Waals surface area contributed by atoms with Crippen LogP contribution in [0.4, 0.5) is 0 Å². The van der Waals surface area contributed by atoms with Gasteiger partial charge in [0.15, 0.2) is 0 Å². The number of hydrogen-bond donors (Lipinski definition) is 1. The van der Waals surface area contributed by atoms with E-state index >= 15 is 0 Å². The van der Waals surface area contributed by atoms with Gasteiger partial charge in [-0.1, -0.05) is 18.2 Å². The Balaban J connectivity index is 0.000001000. The molecule has 1 rings (SSSR count). The molecule has 0 saturated carbocycles. The summed E-state index contributed by atoms with van der Waals surface area (Å²) in [5, 5.41) is 8.57. The summed E-state index contributed by atoms with van der Waals surface area (Å²) in [5.41, 5.74) is 1.18. The molecular weight excluding hydrogens is 198 g/mol. The molecule has 0 radical (unpaired) electrons. The summed E-state index contributed by atoms with van der Waals surface area (Å²) in [4.78, 5) is 10.4. The second-order valence-corrected chi connectivity index (χ2v) is 2.12. The maximum atomic E-state index is 10.4. The number of rotatable bonds is 1. The van der Waals surface area contributed by atoms with Crippen LogP contribution in [0, 0.1) is 6.92 Å². The summed E-state index contributed by atoms with van der Waals surface area (Å²) in [6.45, 7) is 1.78. The first-order chi connectivity index (χ1) is 4.72. The maximum absolute atomic E-state index is 10.4. The van der Waals surface area contributed by atoms with Crippen molar-refractivity contribution in [2.45, 2.75) is 6.92 Å². The van der Waals surface area contributed by atoms with Gasteiger partial charge in [-0.05, 0) is 18.6 Å². The molecule has 0 bridgehead atoms. The Morgan fingerprint density at radius 2 is 1.91 bits per heavy atom. The molecule has 1 aromatic carbocycles. The molecule has 1 aromatic rings. The molecule has 0 aromatic heterocycles. The molecule has 58 valence electrons. The second kappa shape index (κ2) is 4.26. The van der Waals surface area contributed by atoms with Crippen LogP contribution in [0.3, 0.4) is 0 Å². The number of aromatic carboxylic acids is 1. The SMILES string of the molecule is Cc1ccccc1C(=O)O.[GaH3]. The van der Waals surface area contributed by atoms with Gasteiger partial charge in [-0.25, -0.2) is 4.79 Å². The van der Waals surface area contributed by atoms with Gasteiger partial charge < -0.3 is 5.11 Å². The van der Waals surface area contributed by atoms with Gasteiger partial charge in [0.1, 0.15) is 0 Å². The Bertz CT molecular complexity index is 258. The molecule has 0 atom stereocenters. The minimum atomic E-state index is -0.863. The third-order valence-electron chi connectivity index (χ3n) is 1.38. The Morgan fingerprint density at radius 3 is 2.27 bits per heavy atom. The Hall–Kier alpha value is -0.674. The fourth-order valence-electron chi connectivity index (χ4n) is 0.813. The number of carboxylic acids is 1. The second-order valence-electron chi connectivity index (χ2n) is 2.12. The van der Waals surface area contributed by atoms with E-state index in [1.165, 1.54) is 0 Å². The van der Waals surface area contributed by atoms with Crippen molar-refractivity contribution in [1.29, 1.82) is 0 Å². The Morgan fingerprint density at radius 1 is 1.36 bits per heavy atom. The molecule has 11 heavy (non-hydrogen) atoms. The molecule has 0 spiro atoms. The van der Waals surface area contributed by atoms with Gasteiger partial charge in [-0.15, -0.1) is 0 Å². The summed E-state index contributed by atoms with van der Waals surface area (Å²) >= 11 is 0. The molecule has 0 amide bonds. The Kier molecular flexibility index (Phi) is 3.99. The molecule has 0 aliphatic heterocycles. The van der Waals surface area contributed by atoms with E-state index in [0.29, 0.717) is 5.56 Å². The average Bonchev–Trinajstić information content (AvgIpc) is 1.88. The third kappa shape index (κ3) is 2.44. The van der Waals surface area contributed by atoms with E-state index in [-0.39, 0.29) is 19.8 Å². The van der Waals surface area contributed by atoms with Crippen LogP contribution in [-0.4, -0.2) is 30.9 Å². The predicted octanol–water partition coefficient (Wildman–Crippen LogP) is 0.509. The monoisotopic (exact) mass is 208 g/mol. The first-order valence-corrected chi connectivity index (χ1v) is 3.01. The molecule has 0 unspecified atom stereocenters. The first-order valence-electron chi connectivity index (χ1n) is 3.01. The zero-order chi connectivity index (χ0) is 7.56. The molecule has 0 aliphatic carbocycles. The summed E-state index contributed by atoms with van der Waals surface area (Å²) in [6.07, 6.45) is 0. The number of aryl methyl sites for hydroxylation is 1. The molecular formula is C8H11GaO2. The fourth-order valence-corrected chi connectivity index (χ4v) is 0.813. The molecule has 2 nitrogen and oxygen atoms in total. The van der Waals surface area contributed by atoms with Crippen molar-refractivity contribution in [3.8, 4) is 0 Å². The van der Waals surface area contributed by atoms with E-state index in [1.54, 1.807) is 25.1 Å². The van der Waals surface area contributed by atoms with Crippen LogP contribution in [0.15, 0.2) is 24.3 Å². The van der Waals surface area contributed by atoms with Crippen LogP contribution in [0.5, 0.6) is 0 Å². The number of benzene rings is 1. The minimum absolute atomic E-state index is 0. The number of hydrogen-bond acceptors (Lipinski definition) is 1. The van der Waals surface area contributed by atoms with Crippen LogP contribution in [0.2, 0.25) is 0 Å². The van der Waals surface area contributed by atoms with E-state index in [4.69, 9.17) is 5.11 Å². The van der Waals surface area contributed by atoms with Gasteiger partial charge in [0.05, 0.1) is 5.56 Å². The van der Waals surface area contributed by atoms with Crippen molar-refractivity contribution in [2.75, 3.05) is 0 Å². The van der Waals surface area contributed by atoms with Gasteiger partial charge in [0, 0.05) is 0 Å². The van der Waals surface area contributed by atoms with Crippen molar-refractivity contribution < 1.29 is 9.90 Å². The molecule has 0 fully saturated rings. The topological polar surface area (TPSA) is 37.3 Å².